The Hall–Kier alpha value is -2.36. The highest BCUT2D eigenvalue weighted by Gasteiger charge is 2.53. The first kappa shape index (κ1) is 54.8. The van der Waals surface area contributed by atoms with Crippen LogP contribution in [-0.4, -0.2) is 170 Å². The van der Waals surface area contributed by atoms with E-state index in [4.69, 9.17) is 38.6 Å². The molecule has 18 nitrogen and oxygen atoms in total. The maximum absolute atomic E-state index is 14.1. The van der Waals surface area contributed by atoms with Crippen LogP contribution in [0.15, 0.2) is 0 Å². The zero-order valence-corrected chi connectivity index (χ0v) is 38.6. The summed E-state index contributed by atoms with van der Waals surface area (Å²) in [6.45, 7) is 18.0. The summed E-state index contributed by atoms with van der Waals surface area (Å²) in [5.41, 5.74) is -4.84. The molecule has 3 saturated heterocycles. The summed E-state index contributed by atoms with van der Waals surface area (Å²) in [6, 6.07) is -0.324. The molecule has 0 aliphatic carbocycles. The molecule has 3 heterocycles. The van der Waals surface area contributed by atoms with Gasteiger partial charge in [0.25, 0.3) is 0 Å². The van der Waals surface area contributed by atoms with Crippen molar-refractivity contribution in [2.75, 3.05) is 21.2 Å². The standard InChI is InChI=1S/C37H67NO13.C6H10O4/c1-14-25-37(10,45)30(41)20(4)27(39)18(2)16-35(8,44)32(51-34-28(40)24(38(11)12)15-19(3)47-34)21(5)29(22(6)33(43)49-25)50-26-17-36(9,46-13)31(42)23(7)48-26;1-2-4(6(9)10)3-5(7)8/h18-26,28-32,34,40-42,44-45H,14-17H2,1-13H3;4H,2-3H2,1H3,(H,7,8)(H,9,10)/t18-,19-,20+,21-,22-,23+,24+,25-,26+,28-,29+,30+,31+,32-,34+,35-,36-,37-;/m1./s1. The summed E-state index contributed by atoms with van der Waals surface area (Å²) in [6.07, 6.45) is -9.63. The molecule has 1 unspecified atom stereocenters. The summed E-state index contributed by atoms with van der Waals surface area (Å²) in [5, 5.41) is 74.2. The molecule has 3 fully saturated rings. The van der Waals surface area contributed by atoms with Gasteiger partial charge in [-0.15, -0.1) is 0 Å². The first-order valence-electron chi connectivity index (χ1n) is 21.5. The van der Waals surface area contributed by atoms with Gasteiger partial charge >= 0.3 is 17.9 Å². The Morgan fingerprint density at radius 2 is 1.48 bits per heavy atom. The number of ketones is 1. The predicted octanol–water partition coefficient (Wildman–Crippen LogP) is 2.36. The summed E-state index contributed by atoms with van der Waals surface area (Å²) in [5.74, 6) is -7.81. The number of carbonyl (C=O) groups is 4. The molecular formula is C43H77NO17. The van der Waals surface area contributed by atoms with Crippen LogP contribution in [0.3, 0.4) is 0 Å². The molecule has 0 aromatic heterocycles. The van der Waals surface area contributed by atoms with E-state index in [0.717, 1.165) is 0 Å². The van der Waals surface area contributed by atoms with E-state index in [0.29, 0.717) is 12.8 Å². The van der Waals surface area contributed by atoms with Crippen LogP contribution < -0.4 is 0 Å². The topological polar surface area (TPSA) is 269 Å². The first-order chi connectivity index (χ1) is 28.0. The van der Waals surface area contributed by atoms with Crippen molar-refractivity contribution in [3.8, 4) is 0 Å². The number of cyclic esters (lactones) is 1. The number of Topliss-reactive ketones (excluding diaryl/α,β-unsaturated/α-hetero) is 1. The van der Waals surface area contributed by atoms with E-state index in [1.807, 2.05) is 25.9 Å². The third kappa shape index (κ3) is 13.6. The average molecular weight is 880 g/mol. The Balaban J connectivity index is 0.00000113. The Kier molecular flexibility index (Phi) is 20.2. The Bertz CT molecular complexity index is 1440. The third-order valence-corrected chi connectivity index (χ3v) is 13.1. The Morgan fingerprint density at radius 3 is 1.95 bits per heavy atom. The number of methoxy groups -OCH3 is 1. The molecule has 61 heavy (non-hydrogen) atoms. The summed E-state index contributed by atoms with van der Waals surface area (Å²) < 4.78 is 37.1. The zero-order valence-electron chi connectivity index (χ0n) is 38.6. The third-order valence-electron chi connectivity index (χ3n) is 13.1. The molecular weight excluding hydrogens is 802 g/mol. The number of carboxylic acid groups (broad SMARTS) is 2. The molecule has 356 valence electrons. The number of carbonyl (C=O) groups excluding carboxylic acids is 2. The fourth-order valence-electron chi connectivity index (χ4n) is 9.03. The number of hydrogen-bond acceptors (Lipinski definition) is 16. The van der Waals surface area contributed by atoms with Crippen LogP contribution in [0.25, 0.3) is 0 Å². The normalized spacial score (nSPS) is 43.6. The Morgan fingerprint density at radius 1 is 0.885 bits per heavy atom. The van der Waals surface area contributed by atoms with E-state index in [1.54, 1.807) is 48.5 Å². The minimum absolute atomic E-state index is 0.0936. The second kappa shape index (κ2) is 22.5. The molecule has 0 bridgehead atoms. The van der Waals surface area contributed by atoms with E-state index >= 15 is 0 Å². The number of hydrogen-bond donors (Lipinski definition) is 7. The van der Waals surface area contributed by atoms with Gasteiger partial charge in [0.1, 0.15) is 29.7 Å². The Labute approximate surface area is 361 Å². The maximum Gasteiger partial charge on any atom is 0.311 e. The van der Waals surface area contributed by atoms with E-state index in [1.165, 1.54) is 27.9 Å². The number of aliphatic hydroxyl groups is 5. The highest BCUT2D eigenvalue weighted by atomic mass is 16.7. The molecule has 18 heteroatoms. The minimum atomic E-state index is -1.99. The van der Waals surface area contributed by atoms with Gasteiger partial charge in [0.2, 0.25) is 0 Å². The fraction of sp³-hybridized carbons (Fsp3) is 0.907. The molecule has 3 rings (SSSR count). The summed E-state index contributed by atoms with van der Waals surface area (Å²) in [4.78, 5) is 50.0. The number of carboxylic acids is 2. The van der Waals surface area contributed by atoms with E-state index < -0.39 is 125 Å². The van der Waals surface area contributed by atoms with Crippen molar-refractivity contribution < 1.29 is 83.3 Å². The lowest BCUT2D eigenvalue weighted by atomic mass is 9.74. The summed E-state index contributed by atoms with van der Waals surface area (Å²) >= 11 is 0. The SMILES string of the molecule is CCC(CC(=O)O)C(=O)O.CC[C@H]1OC(=O)[C@H](C)[C@@H](O[C@H]2C[C@@](C)(OC)[C@@H](O)[C@H](C)O2)[C@@H](C)[C@@H](O[C@@H]2O[C@H](C)C[C@H](N(C)C)[C@H]2O)[C@](C)(O)C[C@@H](C)C(=O)[C@H](C)[C@H](O)[C@]1(C)O. The quantitative estimate of drug-likeness (QED) is 0.147. The number of aliphatic carboxylic acids is 2. The van der Waals surface area contributed by atoms with E-state index in [9.17, 15) is 44.7 Å². The lowest BCUT2D eigenvalue weighted by Crippen LogP contribution is -2.61. The fourth-order valence-corrected chi connectivity index (χ4v) is 9.03. The lowest BCUT2D eigenvalue weighted by molar-refractivity contribution is -0.318. The van der Waals surface area contributed by atoms with Crippen LogP contribution in [0, 0.1) is 29.6 Å². The number of ether oxygens (including phenoxy) is 6. The minimum Gasteiger partial charge on any atom is -0.481 e. The van der Waals surface area contributed by atoms with Gasteiger partial charge in [-0.05, 0) is 81.3 Å². The molecule has 19 atom stereocenters. The van der Waals surface area contributed by atoms with Gasteiger partial charge in [0, 0.05) is 37.3 Å². The average Bonchev–Trinajstić information content (AvgIpc) is 3.17. The molecule has 0 aromatic rings. The zero-order chi connectivity index (χ0) is 47.1. The van der Waals surface area contributed by atoms with Gasteiger partial charge in [-0.1, -0.05) is 34.6 Å². The van der Waals surface area contributed by atoms with Crippen molar-refractivity contribution in [2.45, 2.75) is 199 Å². The second-order valence-electron chi connectivity index (χ2n) is 18.5. The van der Waals surface area contributed by atoms with Crippen molar-refractivity contribution in [1.82, 2.24) is 4.90 Å². The molecule has 3 aliphatic rings. The van der Waals surface area contributed by atoms with Gasteiger partial charge in [-0.25, -0.2) is 0 Å². The number of likely N-dealkylation sites (N-methyl/N-ethyl adjacent to an activating group) is 1. The molecule has 0 saturated carbocycles. The van der Waals surface area contributed by atoms with Crippen LogP contribution in [-0.2, 0) is 47.6 Å². The smallest absolute Gasteiger partial charge is 0.311 e. The lowest BCUT2D eigenvalue weighted by Gasteiger charge is -2.49. The molecule has 3 aliphatic heterocycles. The maximum atomic E-state index is 14.1. The van der Waals surface area contributed by atoms with Gasteiger partial charge in [-0.2, -0.15) is 0 Å². The molecule has 7 N–H and O–H groups in total. The van der Waals surface area contributed by atoms with E-state index in [2.05, 4.69) is 0 Å². The highest BCUT2D eigenvalue weighted by Crippen LogP contribution is 2.41. The van der Waals surface area contributed by atoms with Gasteiger partial charge in [-0.3, -0.25) is 19.2 Å². The van der Waals surface area contributed by atoms with Crippen molar-refractivity contribution in [1.29, 1.82) is 0 Å². The van der Waals surface area contributed by atoms with Crippen molar-refractivity contribution >= 4 is 23.7 Å². The van der Waals surface area contributed by atoms with Crippen LogP contribution in [0.1, 0.15) is 115 Å². The van der Waals surface area contributed by atoms with Crippen molar-refractivity contribution in [2.24, 2.45) is 29.6 Å². The number of nitrogens with zero attached hydrogens (tertiary/aromatic N) is 1. The second-order valence-corrected chi connectivity index (χ2v) is 18.5. The predicted molar refractivity (Wildman–Crippen MR) is 220 cm³/mol. The monoisotopic (exact) mass is 880 g/mol. The molecule has 0 spiro atoms. The van der Waals surface area contributed by atoms with Gasteiger partial charge < -0.3 is 69.1 Å². The van der Waals surface area contributed by atoms with Crippen LogP contribution in [0.5, 0.6) is 0 Å². The molecule has 0 aromatic carbocycles. The van der Waals surface area contributed by atoms with Gasteiger partial charge in [0.15, 0.2) is 12.6 Å². The largest absolute Gasteiger partial charge is 0.481 e. The van der Waals surface area contributed by atoms with Crippen LogP contribution in [0.2, 0.25) is 0 Å². The highest BCUT2D eigenvalue weighted by molar-refractivity contribution is 5.83. The van der Waals surface area contributed by atoms with Crippen LogP contribution in [0.4, 0.5) is 0 Å². The van der Waals surface area contributed by atoms with Gasteiger partial charge in [0.05, 0.1) is 60.0 Å². The number of esters is 1. The first-order valence-corrected chi connectivity index (χ1v) is 21.5. The summed E-state index contributed by atoms with van der Waals surface area (Å²) in [7, 11) is 5.18. The molecule has 0 radical (unpaired) electrons. The number of aliphatic hydroxyl groups excluding tert-OH is 3. The number of rotatable bonds is 11. The van der Waals surface area contributed by atoms with Crippen LogP contribution >= 0.6 is 0 Å². The van der Waals surface area contributed by atoms with Crippen molar-refractivity contribution in [3.63, 3.8) is 0 Å². The molecule has 0 amide bonds. The van der Waals surface area contributed by atoms with E-state index in [-0.39, 0.29) is 37.8 Å². The van der Waals surface area contributed by atoms with Crippen molar-refractivity contribution in [3.05, 3.63) is 0 Å².